The van der Waals surface area contributed by atoms with Crippen LogP contribution in [0.2, 0.25) is 0 Å². The van der Waals surface area contributed by atoms with E-state index in [1.807, 2.05) is 60.7 Å². The Morgan fingerprint density at radius 2 is 1.58 bits per heavy atom. The lowest BCUT2D eigenvalue weighted by Gasteiger charge is -2.11. The van der Waals surface area contributed by atoms with Crippen molar-refractivity contribution in [1.29, 1.82) is 0 Å². The number of carbonyl (C=O) groups is 1. The molecular weight excluding hydrogens is 429 g/mol. The van der Waals surface area contributed by atoms with E-state index < -0.39 is 0 Å². The van der Waals surface area contributed by atoms with Gasteiger partial charge in [-0.15, -0.1) is 0 Å². The first-order chi connectivity index (χ1) is 15.2. The van der Waals surface area contributed by atoms with Crippen LogP contribution < -0.4 is 5.32 Å². The monoisotopic (exact) mass is 447 g/mol. The lowest BCUT2D eigenvalue weighted by atomic mass is 10.2. The number of aromatic nitrogens is 2. The summed E-state index contributed by atoms with van der Waals surface area (Å²) in [5, 5.41) is 3.30. The first-order valence-electron chi connectivity index (χ1n) is 9.51. The maximum absolute atomic E-state index is 13.9. The van der Waals surface area contributed by atoms with Crippen molar-refractivity contribution in [3.05, 3.63) is 108 Å². The molecule has 1 heterocycles. The van der Waals surface area contributed by atoms with Gasteiger partial charge in [-0.25, -0.2) is 14.4 Å². The van der Waals surface area contributed by atoms with E-state index >= 15 is 0 Å². The second-order valence-corrected chi connectivity index (χ2v) is 8.54. The second-order valence-electron chi connectivity index (χ2n) is 6.48. The molecule has 1 N–H and O–H groups in total. The largest absolute Gasteiger partial charge is 0.321 e. The molecule has 0 spiro atoms. The molecule has 1 aromatic heterocycles. The molecule has 154 valence electrons. The molecule has 0 aliphatic rings. The smallest absolute Gasteiger partial charge is 0.275 e. The summed E-state index contributed by atoms with van der Waals surface area (Å²) < 4.78 is 13.9. The average molecular weight is 448 g/mol. The molecule has 0 aliphatic carbocycles. The summed E-state index contributed by atoms with van der Waals surface area (Å²) in [4.78, 5) is 23.6. The van der Waals surface area contributed by atoms with Crippen molar-refractivity contribution in [3.63, 3.8) is 0 Å². The van der Waals surface area contributed by atoms with Crippen molar-refractivity contribution >= 4 is 35.1 Å². The van der Waals surface area contributed by atoms with E-state index in [4.69, 9.17) is 0 Å². The zero-order valence-electron chi connectivity index (χ0n) is 16.4. The molecule has 4 rings (SSSR count). The van der Waals surface area contributed by atoms with Crippen LogP contribution in [0.15, 0.2) is 106 Å². The third-order valence-electron chi connectivity index (χ3n) is 4.27. The van der Waals surface area contributed by atoms with E-state index in [2.05, 4.69) is 15.3 Å². The lowest BCUT2D eigenvalue weighted by molar-refractivity contribution is 0.101. The van der Waals surface area contributed by atoms with Gasteiger partial charge in [-0.3, -0.25) is 4.79 Å². The number of benzene rings is 3. The zero-order valence-corrected chi connectivity index (χ0v) is 18.0. The summed E-state index contributed by atoms with van der Waals surface area (Å²) in [6.07, 6.45) is 1.65. The van der Waals surface area contributed by atoms with Crippen molar-refractivity contribution < 1.29 is 9.18 Å². The Hall–Kier alpha value is -3.16. The van der Waals surface area contributed by atoms with E-state index in [9.17, 15) is 9.18 Å². The van der Waals surface area contributed by atoms with Gasteiger partial charge in [0.25, 0.3) is 5.91 Å². The number of thioether (sulfide) groups is 1. The summed E-state index contributed by atoms with van der Waals surface area (Å²) in [7, 11) is 0. The van der Waals surface area contributed by atoms with E-state index in [1.54, 1.807) is 24.4 Å². The fraction of sp³-hybridized carbons (Fsp3) is 0.0417. The van der Waals surface area contributed by atoms with Crippen LogP contribution in [-0.2, 0) is 5.75 Å². The predicted octanol–water partition coefficient (Wildman–Crippen LogP) is 6.31. The van der Waals surface area contributed by atoms with Crippen LogP contribution in [-0.4, -0.2) is 15.9 Å². The summed E-state index contributed by atoms with van der Waals surface area (Å²) in [5.41, 5.74) is 1.53. The lowest BCUT2D eigenvalue weighted by Crippen LogP contribution is -2.15. The highest BCUT2D eigenvalue weighted by molar-refractivity contribution is 7.99. The predicted molar refractivity (Wildman–Crippen MR) is 123 cm³/mol. The molecule has 0 radical (unpaired) electrons. The number of hydrogen-bond donors (Lipinski definition) is 1. The molecule has 31 heavy (non-hydrogen) atoms. The van der Waals surface area contributed by atoms with Crippen molar-refractivity contribution in [2.45, 2.75) is 20.7 Å². The molecule has 1 amide bonds. The van der Waals surface area contributed by atoms with Gasteiger partial charge in [0.1, 0.15) is 11.5 Å². The fourth-order valence-corrected chi connectivity index (χ4v) is 4.44. The van der Waals surface area contributed by atoms with Gasteiger partial charge in [0, 0.05) is 22.5 Å². The number of nitrogens with zero attached hydrogens (tertiary/aromatic N) is 2. The van der Waals surface area contributed by atoms with E-state index in [-0.39, 0.29) is 17.4 Å². The van der Waals surface area contributed by atoms with Crippen LogP contribution >= 0.6 is 23.5 Å². The number of anilines is 1. The molecule has 0 unspecified atom stereocenters. The average Bonchev–Trinajstić information content (AvgIpc) is 2.80. The Kier molecular flexibility index (Phi) is 6.96. The first kappa shape index (κ1) is 21.1. The van der Waals surface area contributed by atoms with E-state index in [0.29, 0.717) is 27.1 Å². The molecular formula is C24H18FN3OS2. The summed E-state index contributed by atoms with van der Waals surface area (Å²) in [5.74, 6) is -0.217. The highest BCUT2D eigenvalue weighted by Gasteiger charge is 2.17. The topological polar surface area (TPSA) is 54.9 Å². The van der Waals surface area contributed by atoms with Crippen molar-refractivity contribution in [3.8, 4) is 0 Å². The van der Waals surface area contributed by atoms with Gasteiger partial charge in [0.05, 0.1) is 4.90 Å². The molecule has 0 aliphatic heterocycles. The summed E-state index contributed by atoms with van der Waals surface area (Å²) >= 11 is 2.71. The third-order valence-corrected chi connectivity index (χ3v) is 6.20. The van der Waals surface area contributed by atoms with Gasteiger partial charge in [0.15, 0.2) is 5.16 Å². The van der Waals surface area contributed by atoms with Gasteiger partial charge in [0.2, 0.25) is 0 Å². The highest BCUT2D eigenvalue weighted by atomic mass is 32.2. The molecule has 0 bridgehead atoms. The number of para-hydroxylation sites is 1. The Morgan fingerprint density at radius 1 is 0.903 bits per heavy atom. The molecule has 0 atom stereocenters. The van der Waals surface area contributed by atoms with Gasteiger partial charge in [-0.05, 0) is 35.9 Å². The summed E-state index contributed by atoms with van der Waals surface area (Å²) in [6, 6.07) is 25.6. The molecule has 0 fully saturated rings. The molecule has 4 aromatic rings. The standard InChI is InChI=1S/C24H18FN3OS2/c25-20-14-8-7-9-17(20)16-30-24-26-15-21(31-19-12-5-2-6-13-19)22(28-24)23(29)27-18-10-3-1-4-11-18/h1-15H,16H2,(H,27,29). The Balaban J connectivity index is 1.60. The Bertz CT molecular complexity index is 1170. The van der Waals surface area contributed by atoms with Gasteiger partial charge < -0.3 is 5.32 Å². The molecule has 3 aromatic carbocycles. The summed E-state index contributed by atoms with van der Waals surface area (Å²) in [6.45, 7) is 0. The minimum Gasteiger partial charge on any atom is -0.321 e. The minimum absolute atomic E-state index is 0.270. The number of nitrogens with one attached hydrogen (secondary N) is 1. The van der Waals surface area contributed by atoms with Crippen LogP contribution in [0, 0.1) is 5.82 Å². The van der Waals surface area contributed by atoms with Gasteiger partial charge in [-0.1, -0.05) is 78.1 Å². The quantitative estimate of drug-likeness (QED) is 0.266. The number of carbonyl (C=O) groups excluding carboxylic acids is 1. The molecule has 0 saturated carbocycles. The maximum atomic E-state index is 13.9. The minimum atomic E-state index is -0.320. The van der Waals surface area contributed by atoms with Gasteiger partial charge >= 0.3 is 0 Å². The zero-order chi connectivity index (χ0) is 21.5. The first-order valence-corrected chi connectivity index (χ1v) is 11.3. The van der Waals surface area contributed by atoms with E-state index in [0.717, 1.165) is 4.90 Å². The fourth-order valence-electron chi connectivity index (χ4n) is 2.75. The Labute approximate surface area is 188 Å². The maximum Gasteiger partial charge on any atom is 0.275 e. The highest BCUT2D eigenvalue weighted by Crippen LogP contribution is 2.31. The third kappa shape index (κ3) is 5.71. The van der Waals surface area contributed by atoms with Crippen LogP contribution in [0.25, 0.3) is 0 Å². The van der Waals surface area contributed by atoms with Gasteiger partial charge in [-0.2, -0.15) is 0 Å². The number of halogens is 1. The number of hydrogen-bond acceptors (Lipinski definition) is 5. The van der Waals surface area contributed by atoms with Crippen LogP contribution in [0.5, 0.6) is 0 Å². The second kappa shape index (κ2) is 10.2. The van der Waals surface area contributed by atoms with Crippen LogP contribution in [0.1, 0.15) is 16.1 Å². The Morgan fingerprint density at radius 3 is 2.32 bits per heavy atom. The van der Waals surface area contributed by atoms with E-state index in [1.165, 1.54) is 29.6 Å². The number of amides is 1. The van der Waals surface area contributed by atoms with Crippen molar-refractivity contribution in [1.82, 2.24) is 9.97 Å². The molecule has 7 heteroatoms. The van der Waals surface area contributed by atoms with Crippen molar-refractivity contribution in [2.75, 3.05) is 5.32 Å². The van der Waals surface area contributed by atoms with Crippen molar-refractivity contribution in [2.24, 2.45) is 0 Å². The normalized spacial score (nSPS) is 10.6. The molecule has 4 nitrogen and oxygen atoms in total. The number of rotatable bonds is 7. The van der Waals surface area contributed by atoms with Crippen LogP contribution in [0.4, 0.5) is 10.1 Å². The SMILES string of the molecule is O=C(Nc1ccccc1)c1nc(SCc2ccccc2F)ncc1Sc1ccccc1. The van der Waals surface area contributed by atoms with Crippen LogP contribution in [0.3, 0.4) is 0 Å². The molecule has 0 saturated heterocycles.